The average molecular weight is 366 g/mol. The van der Waals surface area contributed by atoms with Gasteiger partial charge in [0.2, 0.25) is 5.88 Å². The minimum absolute atomic E-state index is 0.0359. The van der Waals surface area contributed by atoms with Crippen LogP contribution >= 0.6 is 0 Å². The van der Waals surface area contributed by atoms with Crippen LogP contribution in [0, 0.1) is 11.3 Å². The van der Waals surface area contributed by atoms with Crippen molar-refractivity contribution in [3.8, 4) is 11.8 Å². The van der Waals surface area contributed by atoms with Crippen molar-refractivity contribution in [3.05, 3.63) is 88.8 Å². The van der Waals surface area contributed by atoms with Gasteiger partial charge in [0.1, 0.15) is 17.4 Å². The van der Waals surface area contributed by atoms with E-state index in [9.17, 15) is 18.4 Å². The highest BCUT2D eigenvalue weighted by Gasteiger charge is 2.33. The van der Waals surface area contributed by atoms with Crippen molar-refractivity contribution in [2.24, 2.45) is 5.73 Å². The van der Waals surface area contributed by atoms with Crippen LogP contribution in [0.2, 0.25) is 0 Å². The summed E-state index contributed by atoms with van der Waals surface area (Å²) in [7, 11) is 0. The van der Waals surface area contributed by atoms with Gasteiger partial charge in [0, 0.05) is 10.9 Å². The SMILES string of the molecule is N#CC1=C(N)Oc2c(ccc3ccccc23)C1c1ccc(C(F)(F)F)cc1. The van der Waals surface area contributed by atoms with Gasteiger partial charge < -0.3 is 10.5 Å². The van der Waals surface area contributed by atoms with E-state index in [1.165, 1.54) is 12.1 Å². The zero-order valence-electron chi connectivity index (χ0n) is 13.9. The Bertz CT molecular complexity index is 1110. The normalized spacial score (nSPS) is 16.6. The number of nitrogens with zero attached hydrogens (tertiary/aromatic N) is 1. The first kappa shape index (κ1) is 17.0. The van der Waals surface area contributed by atoms with Crippen molar-refractivity contribution in [3.63, 3.8) is 0 Å². The van der Waals surface area contributed by atoms with Crippen LogP contribution in [0.15, 0.2) is 72.1 Å². The number of alkyl halides is 3. The molecule has 1 atom stereocenters. The Kier molecular flexibility index (Phi) is 3.81. The van der Waals surface area contributed by atoms with Gasteiger partial charge in [-0.15, -0.1) is 0 Å². The Hall–Kier alpha value is -3.46. The van der Waals surface area contributed by atoms with Gasteiger partial charge in [-0.2, -0.15) is 18.4 Å². The minimum Gasteiger partial charge on any atom is -0.440 e. The third-order valence-corrected chi connectivity index (χ3v) is 4.68. The molecule has 1 unspecified atom stereocenters. The smallest absolute Gasteiger partial charge is 0.416 e. The average Bonchev–Trinajstić information content (AvgIpc) is 2.66. The van der Waals surface area contributed by atoms with E-state index in [0.29, 0.717) is 16.9 Å². The van der Waals surface area contributed by atoms with Crippen LogP contribution in [0.5, 0.6) is 5.75 Å². The number of ether oxygens (including phenoxy) is 1. The molecule has 0 amide bonds. The fourth-order valence-electron chi connectivity index (χ4n) is 3.39. The maximum Gasteiger partial charge on any atom is 0.416 e. The number of halogens is 3. The molecule has 4 rings (SSSR count). The molecule has 0 bridgehead atoms. The predicted octanol–water partition coefficient (Wildman–Crippen LogP) is 5.08. The van der Waals surface area contributed by atoms with Crippen LogP contribution < -0.4 is 10.5 Å². The third-order valence-electron chi connectivity index (χ3n) is 4.68. The monoisotopic (exact) mass is 366 g/mol. The molecule has 0 fully saturated rings. The van der Waals surface area contributed by atoms with E-state index >= 15 is 0 Å². The summed E-state index contributed by atoms with van der Waals surface area (Å²) in [6.07, 6.45) is -4.42. The molecule has 2 N–H and O–H groups in total. The largest absolute Gasteiger partial charge is 0.440 e. The second-order valence-electron chi connectivity index (χ2n) is 6.25. The summed E-state index contributed by atoms with van der Waals surface area (Å²) in [6.45, 7) is 0. The molecule has 0 saturated carbocycles. The summed E-state index contributed by atoms with van der Waals surface area (Å²) in [5, 5.41) is 11.3. The van der Waals surface area contributed by atoms with Gasteiger partial charge in [0.15, 0.2) is 0 Å². The highest BCUT2D eigenvalue weighted by Crippen LogP contribution is 2.45. The standard InChI is InChI=1S/C21H13F3N2O/c22-21(23,24)14-8-5-13(6-9-14)18-16-10-7-12-3-1-2-4-15(12)19(16)27-20(26)17(18)11-25/h1-10,18H,26H2. The van der Waals surface area contributed by atoms with Crippen molar-refractivity contribution in [2.75, 3.05) is 0 Å². The molecule has 3 nitrogen and oxygen atoms in total. The zero-order chi connectivity index (χ0) is 19.2. The van der Waals surface area contributed by atoms with Crippen molar-refractivity contribution in [2.45, 2.75) is 12.1 Å². The second-order valence-corrected chi connectivity index (χ2v) is 6.25. The lowest BCUT2D eigenvalue weighted by Gasteiger charge is -2.27. The summed E-state index contributed by atoms with van der Waals surface area (Å²) in [4.78, 5) is 0. The van der Waals surface area contributed by atoms with Crippen LogP contribution in [0.25, 0.3) is 10.8 Å². The van der Waals surface area contributed by atoms with E-state index in [4.69, 9.17) is 10.5 Å². The molecule has 0 saturated heterocycles. The Morgan fingerprint density at radius 2 is 1.67 bits per heavy atom. The first-order chi connectivity index (χ1) is 12.9. The first-order valence-corrected chi connectivity index (χ1v) is 8.16. The van der Waals surface area contributed by atoms with Crippen LogP contribution in [0.1, 0.15) is 22.6 Å². The number of fused-ring (bicyclic) bond motifs is 3. The topological polar surface area (TPSA) is 59.0 Å². The quantitative estimate of drug-likeness (QED) is 0.654. The van der Waals surface area contributed by atoms with Crippen molar-refractivity contribution < 1.29 is 17.9 Å². The maximum absolute atomic E-state index is 12.9. The fourth-order valence-corrected chi connectivity index (χ4v) is 3.39. The molecule has 6 heteroatoms. The number of hydrogen-bond donors (Lipinski definition) is 1. The van der Waals surface area contributed by atoms with Gasteiger partial charge in [-0.3, -0.25) is 0 Å². The summed E-state index contributed by atoms with van der Waals surface area (Å²) >= 11 is 0. The van der Waals surface area contributed by atoms with E-state index in [1.807, 2.05) is 42.5 Å². The molecular formula is C21H13F3N2O. The van der Waals surface area contributed by atoms with Crippen LogP contribution in [0.4, 0.5) is 13.2 Å². The number of hydrogen-bond acceptors (Lipinski definition) is 3. The first-order valence-electron chi connectivity index (χ1n) is 8.16. The number of benzene rings is 3. The van der Waals surface area contributed by atoms with Crippen LogP contribution in [0.3, 0.4) is 0 Å². The Morgan fingerprint density at radius 3 is 2.33 bits per heavy atom. The molecule has 0 aromatic heterocycles. The van der Waals surface area contributed by atoms with Gasteiger partial charge in [-0.05, 0) is 23.1 Å². The van der Waals surface area contributed by atoms with Gasteiger partial charge in [-0.25, -0.2) is 0 Å². The molecular weight excluding hydrogens is 353 g/mol. The van der Waals surface area contributed by atoms with Gasteiger partial charge in [-0.1, -0.05) is 48.5 Å². The number of allylic oxidation sites excluding steroid dienone is 1. The van der Waals surface area contributed by atoms with Crippen LogP contribution in [-0.2, 0) is 6.18 Å². The van der Waals surface area contributed by atoms with Gasteiger partial charge in [0.05, 0.1) is 11.5 Å². The molecule has 134 valence electrons. The van der Waals surface area contributed by atoms with E-state index < -0.39 is 17.7 Å². The van der Waals surface area contributed by atoms with Crippen molar-refractivity contribution >= 4 is 10.8 Å². The highest BCUT2D eigenvalue weighted by atomic mass is 19.4. The summed E-state index contributed by atoms with van der Waals surface area (Å²) in [5.41, 5.74) is 6.65. The Morgan fingerprint density at radius 1 is 0.963 bits per heavy atom. The molecule has 3 aromatic carbocycles. The number of nitrogens with two attached hydrogens (primary N) is 1. The molecule has 1 heterocycles. The Labute approximate surface area is 153 Å². The Balaban J connectivity index is 1.92. The lowest BCUT2D eigenvalue weighted by atomic mass is 9.82. The number of nitriles is 1. The van der Waals surface area contributed by atoms with E-state index in [2.05, 4.69) is 0 Å². The zero-order valence-corrected chi connectivity index (χ0v) is 13.9. The van der Waals surface area contributed by atoms with Crippen molar-refractivity contribution in [1.82, 2.24) is 0 Å². The molecule has 3 aromatic rings. The molecule has 0 spiro atoms. The summed E-state index contributed by atoms with van der Waals surface area (Å²) < 4.78 is 44.4. The minimum atomic E-state index is -4.42. The predicted molar refractivity (Wildman–Crippen MR) is 94.7 cm³/mol. The van der Waals surface area contributed by atoms with E-state index in [0.717, 1.165) is 22.9 Å². The lowest BCUT2D eigenvalue weighted by Crippen LogP contribution is -2.21. The fraction of sp³-hybridized carbons (Fsp3) is 0.0952. The molecule has 1 aliphatic rings. The second kappa shape index (κ2) is 6.06. The molecule has 1 aliphatic heterocycles. The summed E-state index contributed by atoms with van der Waals surface area (Å²) in [6, 6.07) is 18.1. The molecule has 27 heavy (non-hydrogen) atoms. The highest BCUT2D eigenvalue weighted by molar-refractivity contribution is 5.90. The third kappa shape index (κ3) is 2.77. The van der Waals surface area contributed by atoms with Crippen molar-refractivity contribution in [1.29, 1.82) is 5.26 Å². The molecule has 0 aliphatic carbocycles. The number of rotatable bonds is 1. The van der Waals surface area contributed by atoms with Gasteiger partial charge in [0.25, 0.3) is 0 Å². The van der Waals surface area contributed by atoms with Gasteiger partial charge >= 0.3 is 6.18 Å². The van der Waals surface area contributed by atoms with Crippen LogP contribution in [-0.4, -0.2) is 0 Å². The summed E-state index contributed by atoms with van der Waals surface area (Å²) in [5.74, 6) is -0.105. The molecule has 0 radical (unpaired) electrons. The maximum atomic E-state index is 12.9. The lowest BCUT2D eigenvalue weighted by molar-refractivity contribution is -0.137. The van der Waals surface area contributed by atoms with E-state index in [-0.39, 0.29) is 11.5 Å². The van der Waals surface area contributed by atoms with E-state index in [1.54, 1.807) is 0 Å².